The normalized spacial score (nSPS) is 16.8. The maximum atomic E-state index is 13.4. The fourth-order valence-electron chi connectivity index (χ4n) is 5.54. The molecule has 14 heteroatoms. The second-order valence-corrected chi connectivity index (χ2v) is 11.9. The number of pyridine rings is 1. The number of nitrogens with zero attached hydrogens (tertiary/aromatic N) is 2. The van der Waals surface area contributed by atoms with Crippen LogP contribution in [0.25, 0.3) is 0 Å². The monoisotopic (exact) mass is 701 g/mol. The number of aliphatic hydroxyl groups is 1. The number of urea groups is 1. The van der Waals surface area contributed by atoms with Crippen molar-refractivity contribution in [1.82, 2.24) is 15.2 Å². The van der Waals surface area contributed by atoms with E-state index in [4.69, 9.17) is 9.47 Å². The van der Waals surface area contributed by atoms with Gasteiger partial charge in [0.05, 0.1) is 0 Å². The predicted octanol–water partition coefficient (Wildman–Crippen LogP) is 7.73. The first-order valence-electron chi connectivity index (χ1n) is 15.6. The van der Waals surface area contributed by atoms with Gasteiger partial charge in [0.15, 0.2) is 0 Å². The number of aromatic nitrogens is 1. The van der Waals surface area contributed by atoms with E-state index in [0.29, 0.717) is 36.6 Å². The highest BCUT2D eigenvalue weighted by molar-refractivity contribution is 6.07. The molecule has 1 atom stereocenters. The van der Waals surface area contributed by atoms with Crippen molar-refractivity contribution in [2.75, 3.05) is 6.54 Å². The number of nitrogens with one attached hydrogen (secondary N) is 1. The number of hydrogen-bond acceptors (Lipinski definition) is 6. The Balaban J connectivity index is 1.22. The predicted molar refractivity (Wildman–Crippen MR) is 169 cm³/mol. The van der Waals surface area contributed by atoms with Gasteiger partial charge in [0.2, 0.25) is 5.88 Å². The highest BCUT2D eigenvalue weighted by Crippen LogP contribution is 2.50. The topological polar surface area (TPSA) is 101 Å². The van der Waals surface area contributed by atoms with Gasteiger partial charge in [0, 0.05) is 29.9 Å². The molecule has 1 fully saturated rings. The Bertz CT molecular complexity index is 1800. The summed E-state index contributed by atoms with van der Waals surface area (Å²) in [4.78, 5) is 31.7. The quantitative estimate of drug-likeness (QED) is 0.116. The lowest BCUT2D eigenvalue weighted by atomic mass is 9.90. The molecule has 4 aromatic rings. The molecule has 3 amide bonds. The number of alkyl halides is 6. The fraction of sp³-hybridized carbons (Fsp3) is 0.306. The van der Waals surface area contributed by atoms with Crippen molar-refractivity contribution in [3.05, 3.63) is 119 Å². The van der Waals surface area contributed by atoms with Crippen LogP contribution < -0.4 is 14.8 Å². The number of rotatable bonds is 12. The molecule has 1 aliphatic rings. The van der Waals surface area contributed by atoms with Gasteiger partial charge in [-0.05, 0) is 66.8 Å². The molecule has 0 saturated carbocycles. The summed E-state index contributed by atoms with van der Waals surface area (Å²) in [5.41, 5.74) is -5.55. The molecule has 1 saturated heterocycles. The Morgan fingerprint density at radius 3 is 2.14 bits per heavy atom. The summed E-state index contributed by atoms with van der Waals surface area (Å²) in [6.07, 6.45) is -9.79. The lowest BCUT2D eigenvalue weighted by Crippen LogP contribution is -2.53. The lowest BCUT2D eigenvalue weighted by molar-refractivity contribution is -0.376. The van der Waals surface area contributed by atoms with Gasteiger partial charge >= 0.3 is 18.4 Å². The average Bonchev–Trinajstić information content (AvgIpc) is 3.30. The first kappa shape index (κ1) is 36.2. The zero-order valence-electron chi connectivity index (χ0n) is 26.9. The zero-order valence-corrected chi connectivity index (χ0v) is 26.9. The van der Waals surface area contributed by atoms with E-state index < -0.39 is 41.0 Å². The van der Waals surface area contributed by atoms with Crippen LogP contribution >= 0.6 is 0 Å². The van der Waals surface area contributed by atoms with Crippen LogP contribution in [0.3, 0.4) is 0 Å². The van der Waals surface area contributed by atoms with E-state index in [1.165, 1.54) is 6.20 Å². The molecule has 1 unspecified atom stereocenters. The van der Waals surface area contributed by atoms with E-state index in [2.05, 4.69) is 10.3 Å². The first-order valence-corrected chi connectivity index (χ1v) is 15.6. The number of amides is 3. The van der Waals surface area contributed by atoms with Crippen LogP contribution in [-0.2, 0) is 35.4 Å². The maximum Gasteiger partial charge on any atom is 0.430 e. The minimum absolute atomic E-state index is 0.0268. The first-order chi connectivity index (χ1) is 23.6. The van der Waals surface area contributed by atoms with E-state index in [1.807, 2.05) is 30.3 Å². The fourth-order valence-corrected chi connectivity index (χ4v) is 5.54. The summed E-state index contributed by atoms with van der Waals surface area (Å²) in [7, 11) is 0. The molecule has 50 heavy (non-hydrogen) atoms. The van der Waals surface area contributed by atoms with Crippen LogP contribution in [-0.4, -0.2) is 45.8 Å². The van der Waals surface area contributed by atoms with Gasteiger partial charge < -0.3 is 19.9 Å². The van der Waals surface area contributed by atoms with Crippen molar-refractivity contribution < 1.29 is 50.5 Å². The smallest absolute Gasteiger partial charge is 0.430 e. The van der Waals surface area contributed by atoms with Crippen molar-refractivity contribution in [1.29, 1.82) is 0 Å². The SMILES string of the molecule is CCCc1cc(C(O)(C(F)(F)F)C(F)(F)F)ccc1Oc1ccc(CCN2C(=O)NC(C)(c3ccc(OCc4ccccc4)nc3)C2=O)cc1. The summed E-state index contributed by atoms with van der Waals surface area (Å²) < 4.78 is 92.2. The van der Waals surface area contributed by atoms with E-state index in [-0.39, 0.29) is 36.4 Å². The number of carbonyl (C=O) groups excluding carboxylic acids is 2. The number of halogens is 6. The molecule has 3 aromatic carbocycles. The van der Waals surface area contributed by atoms with Crippen molar-refractivity contribution in [3.63, 3.8) is 0 Å². The molecular formula is C36H33F6N3O5. The summed E-state index contributed by atoms with van der Waals surface area (Å²) in [6, 6.07) is 20.8. The standard InChI is InChI=1S/C36H33F6N3O5/c1-3-7-25-20-26(34(48,35(37,38)39)36(40,41)42)12-16-29(25)50-28-14-10-23(11-15-28)18-19-45-31(46)33(2,44-32(45)47)27-13-17-30(43-21-27)49-22-24-8-5-4-6-9-24/h4-6,8-17,20-21,48H,3,7,18-19,22H2,1-2H3,(H,44,47). The Kier molecular flexibility index (Phi) is 10.1. The molecular weight excluding hydrogens is 668 g/mol. The van der Waals surface area contributed by atoms with Crippen molar-refractivity contribution in [2.24, 2.45) is 0 Å². The number of carbonyl (C=O) groups is 2. The largest absolute Gasteiger partial charge is 0.473 e. The minimum Gasteiger partial charge on any atom is -0.473 e. The molecule has 264 valence electrons. The molecule has 2 N–H and O–H groups in total. The third-order valence-electron chi connectivity index (χ3n) is 8.41. The summed E-state index contributed by atoms with van der Waals surface area (Å²) in [5, 5.41) is 12.6. The zero-order chi connectivity index (χ0) is 36.3. The van der Waals surface area contributed by atoms with Crippen molar-refractivity contribution in [2.45, 2.75) is 63.2 Å². The number of aryl methyl sites for hydroxylation is 1. The summed E-state index contributed by atoms with van der Waals surface area (Å²) >= 11 is 0. The highest BCUT2D eigenvalue weighted by atomic mass is 19.4. The van der Waals surface area contributed by atoms with Crippen LogP contribution in [0.1, 0.15) is 48.1 Å². The van der Waals surface area contributed by atoms with E-state index in [9.17, 15) is 41.0 Å². The van der Waals surface area contributed by atoms with Gasteiger partial charge in [-0.15, -0.1) is 0 Å². The van der Waals surface area contributed by atoms with Crippen LogP contribution in [0, 0.1) is 0 Å². The molecule has 0 spiro atoms. The molecule has 0 bridgehead atoms. The third-order valence-corrected chi connectivity index (χ3v) is 8.41. The van der Waals surface area contributed by atoms with Gasteiger partial charge in [-0.3, -0.25) is 9.69 Å². The van der Waals surface area contributed by atoms with Crippen LogP contribution in [0.15, 0.2) is 91.1 Å². The Morgan fingerprint density at radius 1 is 0.860 bits per heavy atom. The summed E-state index contributed by atoms with van der Waals surface area (Å²) in [6.45, 7) is 3.65. The van der Waals surface area contributed by atoms with Gasteiger partial charge in [-0.1, -0.05) is 61.9 Å². The molecule has 8 nitrogen and oxygen atoms in total. The Morgan fingerprint density at radius 2 is 1.54 bits per heavy atom. The Labute approximate surface area is 283 Å². The molecule has 1 aliphatic heterocycles. The maximum absolute atomic E-state index is 13.4. The number of benzene rings is 3. The van der Waals surface area contributed by atoms with E-state index in [0.717, 1.165) is 22.1 Å². The Hall–Kier alpha value is -5.11. The molecule has 1 aromatic heterocycles. The van der Waals surface area contributed by atoms with Gasteiger partial charge in [-0.25, -0.2) is 9.78 Å². The van der Waals surface area contributed by atoms with Crippen molar-refractivity contribution >= 4 is 11.9 Å². The number of ether oxygens (including phenoxy) is 2. The van der Waals surface area contributed by atoms with Crippen LogP contribution in [0.2, 0.25) is 0 Å². The van der Waals surface area contributed by atoms with E-state index >= 15 is 0 Å². The lowest BCUT2D eigenvalue weighted by Gasteiger charge is -2.33. The highest BCUT2D eigenvalue weighted by Gasteiger charge is 2.71. The van der Waals surface area contributed by atoms with Crippen molar-refractivity contribution in [3.8, 4) is 17.4 Å². The molecule has 5 rings (SSSR count). The van der Waals surface area contributed by atoms with Crippen LogP contribution in [0.4, 0.5) is 31.1 Å². The summed E-state index contributed by atoms with van der Waals surface area (Å²) in [5.74, 6) is 0.166. The van der Waals surface area contributed by atoms with Crippen LogP contribution in [0.5, 0.6) is 17.4 Å². The molecule has 2 heterocycles. The van der Waals surface area contributed by atoms with E-state index in [1.54, 1.807) is 50.2 Å². The minimum atomic E-state index is -6.01. The van der Waals surface area contributed by atoms with Gasteiger partial charge in [0.25, 0.3) is 11.5 Å². The van der Waals surface area contributed by atoms with Gasteiger partial charge in [-0.2, -0.15) is 26.3 Å². The number of imide groups is 1. The third kappa shape index (κ3) is 7.25. The average molecular weight is 702 g/mol. The second kappa shape index (κ2) is 14.0. The van der Waals surface area contributed by atoms with Gasteiger partial charge in [0.1, 0.15) is 23.6 Å². The molecule has 0 aliphatic carbocycles. The second-order valence-electron chi connectivity index (χ2n) is 11.9. The number of hydrogen-bond donors (Lipinski definition) is 2. The molecule has 0 radical (unpaired) electrons.